The van der Waals surface area contributed by atoms with Gasteiger partial charge in [0.2, 0.25) is 0 Å². The van der Waals surface area contributed by atoms with E-state index >= 15 is 0 Å². The third-order valence-electron chi connectivity index (χ3n) is 3.93. The summed E-state index contributed by atoms with van der Waals surface area (Å²) in [4.78, 5) is 0. The molecule has 0 aromatic carbocycles. The average molecular weight is 287 g/mol. The lowest BCUT2D eigenvalue weighted by molar-refractivity contribution is -0.0281. The highest BCUT2D eigenvalue weighted by molar-refractivity contribution is 4.71. The Balaban J connectivity index is 1.89. The second kappa shape index (κ2) is 11.5. The van der Waals surface area contributed by atoms with Gasteiger partial charge in [0.15, 0.2) is 0 Å². The molecule has 1 rings (SSSR count). The van der Waals surface area contributed by atoms with Gasteiger partial charge in [-0.25, -0.2) is 0 Å². The van der Waals surface area contributed by atoms with E-state index in [0.717, 1.165) is 38.3 Å². The Labute approximate surface area is 124 Å². The largest absolute Gasteiger partial charge is 0.389 e. The van der Waals surface area contributed by atoms with Gasteiger partial charge in [-0.1, -0.05) is 20.3 Å². The number of rotatable bonds is 11. The van der Waals surface area contributed by atoms with Crippen molar-refractivity contribution in [2.45, 2.75) is 64.6 Å². The van der Waals surface area contributed by atoms with Crippen molar-refractivity contribution >= 4 is 0 Å². The molecule has 1 unspecified atom stereocenters. The van der Waals surface area contributed by atoms with Crippen LogP contribution in [0.25, 0.3) is 0 Å². The normalized spacial score (nSPS) is 24.8. The highest BCUT2D eigenvalue weighted by atomic mass is 16.5. The molecule has 0 bridgehead atoms. The molecule has 1 fully saturated rings. The fraction of sp³-hybridized carbons (Fsp3) is 1.00. The molecular formula is C16H33NO3. The number of ether oxygens (including phenoxy) is 2. The van der Waals surface area contributed by atoms with Gasteiger partial charge in [-0.2, -0.15) is 0 Å². The molecule has 1 aliphatic carbocycles. The van der Waals surface area contributed by atoms with E-state index in [1.54, 1.807) is 0 Å². The zero-order valence-electron chi connectivity index (χ0n) is 13.3. The summed E-state index contributed by atoms with van der Waals surface area (Å²) >= 11 is 0. The summed E-state index contributed by atoms with van der Waals surface area (Å²) < 4.78 is 11.2. The highest BCUT2D eigenvalue weighted by Gasteiger charge is 2.19. The van der Waals surface area contributed by atoms with Gasteiger partial charge in [-0.15, -0.1) is 0 Å². The molecule has 0 aromatic heterocycles. The summed E-state index contributed by atoms with van der Waals surface area (Å²) in [5.41, 5.74) is 0. The second-order valence-electron chi connectivity index (χ2n) is 6.04. The van der Waals surface area contributed by atoms with Gasteiger partial charge >= 0.3 is 0 Å². The molecule has 0 spiro atoms. The first-order valence-electron chi connectivity index (χ1n) is 8.30. The predicted octanol–water partition coefficient (Wildman–Crippen LogP) is 2.35. The third kappa shape index (κ3) is 8.90. The first-order chi connectivity index (χ1) is 9.72. The van der Waals surface area contributed by atoms with Crippen LogP contribution in [0.2, 0.25) is 0 Å². The lowest BCUT2D eigenvalue weighted by Gasteiger charge is -2.27. The molecule has 0 heterocycles. The quantitative estimate of drug-likeness (QED) is 0.573. The minimum absolute atomic E-state index is 0.359. The van der Waals surface area contributed by atoms with E-state index in [-0.39, 0.29) is 0 Å². The predicted molar refractivity (Wildman–Crippen MR) is 82.0 cm³/mol. The van der Waals surface area contributed by atoms with Crippen molar-refractivity contribution in [2.24, 2.45) is 5.92 Å². The average Bonchev–Trinajstić information content (AvgIpc) is 2.46. The highest BCUT2D eigenvalue weighted by Crippen LogP contribution is 2.25. The van der Waals surface area contributed by atoms with Gasteiger partial charge in [-0.05, 0) is 38.0 Å². The second-order valence-corrected chi connectivity index (χ2v) is 6.04. The van der Waals surface area contributed by atoms with Gasteiger partial charge in [0.1, 0.15) is 0 Å². The molecule has 1 saturated carbocycles. The number of aliphatic hydroxyl groups is 1. The number of aliphatic hydroxyl groups excluding tert-OH is 1. The van der Waals surface area contributed by atoms with E-state index in [2.05, 4.69) is 19.2 Å². The van der Waals surface area contributed by atoms with Crippen molar-refractivity contribution in [3.63, 3.8) is 0 Å². The van der Waals surface area contributed by atoms with Crippen LogP contribution in [0.4, 0.5) is 0 Å². The third-order valence-corrected chi connectivity index (χ3v) is 3.93. The molecule has 2 N–H and O–H groups in total. The fourth-order valence-electron chi connectivity index (χ4n) is 2.46. The van der Waals surface area contributed by atoms with Gasteiger partial charge in [0, 0.05) is 19.7 Å². The van der Waals surface area contributed by atoms with Crippen LogP contribution in [0.15, 0.2) is 0 Å². The molecule has 20 heavy (non-hydrogen) atoms. The lowest BCUT2D eigenvalue weighted by atomic mass is 9.89. The molecular weight excluding hydrogens is 254 g/mol. The van der Waals surface area contributed by atoms with Gasteiger partial charge < -0.3 is 19.9 Å². The van der Waals surface area contributed by atoms with Crippen molar-refractivity contribution in [1.82, 2.24) is 5.32 Å². The first kappa shape index (κ1) is 17.9. The monoisotopic (exact) mass is 287 g/mol. The van der Waals surface area contributed by atoms with E-state index in [0.29, 0.717) is 25.9 Å². The van der Waals surface area contributed by atoms with Crippen LogP contribution in [-0.2, 0) is 9.47 Å². The Morgan fingerprint density at radius 1 is 1.20 bits per heavy atom. The molecule has 0 aromatic rings. The zero-order chi connectivity index (χ0) is 14.6. The molecule has 4 heteroatoms. The summed E-state index contributed by atoms with van der Waals surface area (Å²) in [6, 6.07) is 0. The number of unbranched alkanes of at least 4 members (excludes halogenated alkanes) is 1. The number of hydrogen-bond acceptors (Lipinski definition) is 4. The molecule has 0 amide bonds. The maximum absolute atomic E-state index is 9.84. The van der Waals surface area contributed by atoms with E-state index in [1.807, 2.05) is 0 Å². The lowest BCUT2D eigenvalue weighted by Crippen LogP contribution is -2.34. The SMILES string of the molecule is CCCCOCCNCC(O)COC1CCC(C)CC1. The molecule has 4 nitrogen and oxygen atoms in total. The zero-order valence-corrected chi connectivity index (χ0v) is 13.3. The molecule has 120 valence electrons. The van der Waals surface area contributed by atoms with Crippen LogP contribution >= 0.6 is 0 Å². The first-order valence-corrected chi connectivity index (χ1v) is 8.30. The van der Waals surface area contributed by atoms with Gasteiger partial charge in [0.05, 0.1) is 25.4 Å². The standard InChI is InChI=1S/C16H33NO3/c1-3-4-10-19-11-9-17-12-15(18)13-20-16-7-5-14(2)6-8-16/h14-18H,3-13H2,1-2H3. The Kier molecular flexibility index (Phi) is 10.3. The van der Waals surface area contributed by atoms with Crippen molar-refractivity contribution in [3.05, 3.63) is 0 Å². The molecule has 0 saturated heterocycles. The van der Waals surface area contributed by atoms with Crippen molar-refractivity contribution in [2.75, 3.05) is 32.9 Å². The van der Waals surface area contributed by atoms with E-state index in [1.165, 1.54) is 19.3 Å². The van der Waals surface area contributed by atoms with Crippen LogP contribution in [0.1, 0.15) is 52.4 Å². The van der Waals surface area contributed by atoms with Crippen LogP contribution < -0.4 is 5.32 Å². The van der Waals surface area contributed by atoms with Crippen LogP contribution in [0, 0.1) is 5.92 Å². The Morgan fingerprint density at radius 3 is 2.65 bits per heavy atom. The van der Waals surface area contributed by atoms with Gasteiger partial charge in [-0.3, -0.25) is 0 Å². The number of nitrogens with one attached hydrogen (secondary N) is 1. The summed E-state index contributed by atoms with van der Waals surface area (Å²) in [7, 11) is 0. The van der Waals surface area contributed by atoms with Crippen molar-refractivity contribution in [1.29, 1.82) is 0 Å². The molecule has 0 radical (unpaired) electrons. The summed E-state index contributed by atoms with van der Waals surface area (Å²) in [5, 5.41) is 13.0. The van der Waals surface area contributed by atoms with Crippen LogP contribution in [0.5, 0.6) is 0 Å². The molecule has 0 aliphatic heterocycles. The minimum Gasteiger partial charge on any atom is -0.389 e. The maximum atomic E-state index is 9.84. The Bertz CT molecular complexity index is 218. The van der Waals surface area contributed by atoms with Crippen LogP contribution in [-0.4, -0.2) is 50.2 Å². The van der Waals surface area contributed by atoms with E-state index in [4.69, 9.17) is 9.47 Å². The summed E-state index contributed by atoms with van der Waals surface area (Å²) in [5.74, 6) is 0.842. The maximum Gasteiger partial charge on any atom is 0.0897 e. The topological polar surface area (TPSA) is 50.7 Å². The van der Waals surface area contributed by atoms with E-state index < -0.39 is 6.10 Å². The van der Waals surface area contributed by atoms with Crippen molar-refractivity contribution < 1.29 is 14.6 Å². The number of hydrogen-bond donors (Lipinski definition) is 2. The Morgan fingerprint density at radius 2 is 1.95 bits per heavy atom. The summed E-state index contributed by atoms with van der Waals surface area (Å²) in [6.07, 6.45) is 7.05. The van der Waals surface area contributed by atoms with Gasteiger partial charge in [0.25, 0.3) is 0 Å². The summed E-state index contributed by atoms with van der Waals surface area (Å²) in [6.45, 7) is 7.84. The van der Waals surface area contributed by atoms with Crippen molar-refractivity contribution in [3.8, 4) is 0 Å². The fourth-order valence-corrected chi connectivity index (χ4v) is 2.46. The molecule has 1 aliphatic rings. The Hall–Kier alpha value is -0.160. The smallest absolute Gasteiger partial charge is 0.0897 e. The minimum atomic E-state index is -0.412. The van der Waals surface area contributed by atoms with Crippen LogP contribution in [0.3, 0.4) is 0 Å². The van der Waals surface area contributed by atoms with E-state index in [9.17, 15) is 5.11 Å². The molecule has 1 atom stereocenters.